The summed E-state index contributed by atoms with van der Waals surface area (Å²) in [5.74, 6) is -1.15. The molecule has 0 radical (unpaired) electrons. The Bertz CT molecular complexity index is 1860. The number of carboxylic acid groups (broad SMARTS) is 1. The van der Waals surface area contributed by atoms with Gasteiger partial charge in [0.2, 0.25) is 0 Å². The molecule has 3 heterocycles. The third-order valence-corrected chi connectivity index (χ3v) is 7.44. The average molecular weight is 596 g/mol. The van der Waals surface area contributed by atoms with E-state index < -0.39 is 17.4 Å². The number of benzene rings is 3. The highest BCUT2D eigenvalue weighted by Gasteiger charge is 2.26. The number of ether oxygens (including phenoxy) is 1. The van der Waals surface area contributed by atoms with Gasteiger partial charge in [0.1, 0.15) is 0 Å². The number of fused-ring (bicyclic) bond motifs is 2. The van der Waals surface area contributed by atoms with Gasteiger partial charge in [0.15, 0.2) is 17.2 Å². The molecule has 5 aromatic rings. The highest BCUT2D eigenvalue weighted by Crippen LogP contribution is 2.39. The summed E-state index contributed by atoms with van der Waals surface area (Å²) in [4.78, 5) is 16.6. The lowest BCUT2D eigenvalue weighted by Crippen LogP contribution is -2.14. The van der Waals surface area contributed by atoms with Crippen LogP contribution in [-0.4, -0.2) is 43.0 Å². The smallest absolute Gasteiger partial charge is 0.307 e. The largest absolute Gasteiger partial charge is 0.490 e. The Morgan fingerprint density at radius 3 is 2.34 bits per heavy atom. The monoisotopic (exact) mass is 595 g/mol. The normalized spacial score (nSPS) is 12.7. The van der Waals surface area contributed by atoms with Crippen LogP contribution in [0.1, 0.15) is 55.1 Å². The number of aromatic nitrogens is 3. The zero-order valence-electron chi connectivity index (χ0n) is 26.0. The standard InChI is InChI=1S/C32H28FN3O3.C4H10O/c1-18-7-4-8-21(13-18)22-9-5-10-23(14-22)28-17-29-34-20(3)26(16-30(37)38)31(36(29)35-28)25-15-27(33)32-24(19(25)2)11-6-12-39-32;1-4(2,3)5/h4-5,7-10,13-15,17H,6,11-12,16H2,1-3H3,(H,37,38);5H,1-3H3. The molecular formula is C36H38FN3O4. The number of aryl methyl sites for hydroxylation is 2. The van der Waals surface area contributed by atoms with Crippen molar-refractivity contribution < 1.29 is 24.1 Å². The van der Waals surface area contributed by atoms with E-state index in [1.54, 1.807) is 32.2 Å². The van der Waals surface area contributed by atoms with Gasteiger partial charge >= 0.3 is 5.97 Å². The number of hydrogen-bond acceptors (Lipinski definition) is 5. The van der Waals surface area contributed by atoms with E-state index in [9.17, 15) is 9.90 Å². The summed E-state index contributed by atoms with van der Waals surface area (Å²) in [6.45, 7) is 11.5. The number of aliphatic hydroxyl groups is 1. The van der Waals surface area contributed by atoms with Crippen LogP contribution in [0.25, 0.3) is 39.3 Å². The Kier molecular flexibility index (Phi) is 8.57. The fourth-order valence-corrected chi connectivity index (χ4v) is 5.52. The molecule has 2 N–H and O–H groups in total. The molecule has 0 spiro atoms. The number of halogens is 1. The maximum absolute atomic E-state index is 15.3. The van der Waals surface area contributed by atoms with Gasteiger partial charge in [0.05, 0.1) is 30.0 Å². The van der Waals surface area contributed by atoms with E-state index in [-0.39, 0.29) is 6.42 Å². The fraction of sp³-hybridized carbons (Fsp3) is 0.306. The summed E-state index contributed by atoms with van der Waals surface area (Å²) < 4.78 is 22.6. The van der Waals surface area contributed by atoms with Crippen molar-refractivity contribution in [1.82, 2.24) is 14.6 Å². The molecule has 6 rings (SSSR count). The summed E-state index contributed by atoms with van der Waals surface area (Å²) in [5.41, 5.74) is 8.96. The van der Waals surface area contributed by atoms with Gasteiger partial charge in [-0.25, -0.2) is 13.9 Å². The number of carboxylic acids is 1. The Hall–Kier alpha value is -4.56. The first-order chi connectivity index (χ1) is 20.8. The van der Waals surface area contributed by atoms with Gasteiger partial charge in [-0.1, -0.05) is 48.0 Å². The lowest BCUT2D eigenvalue weighted by atomic mass is 9.91. The first-order valence-electron chi connectivity index (χ1n) is 14.8. The first kappa shape index (κ1) is 30.9. The molecule has 0 unspecified atom stereocenters. The van der Waals surface area contributed by atoms with Crippen molar-refractivity contribution in [2.24, 2.45) is 0 Å². The van der Waals surface area contributed by atoms with Crippen LogP contribution in [0.15, 0.2) is 60.7 Å². The van der Waals surface area contributed by atoms with E-state index in [1.807, 2.05) is 31.2 Å². The third kappa shape index (κ3) is 6.65. The zero-order valence-corrected chi connectivity index (χ0v) is 26.0. The fourth-order valence-electron chi connectivity index (χ4n) is 5.52. The van der Waals surface area contributed by atoms with E-state index in [1.165, 1.54) is 11.6 Å². The summed E-state index contributed by atoms with van der Waals surface area (Å²) >= 11 is 0. The van der Waals surface area contributed by atoms with Gasteiger partial charge < -0.3 is 14.9 Å². The minimum Gasteiger partial charge on any atom is -0.490 e. The average Bonchev–Trinajstić information content (AvgIpc) is 3.38. The summed E-state index contributed by atoms with van der Waals surface area (Å²) in [5, 5.41) is 23.2. The van der Waals surface area contributed by atoms with Crippen LogP contribution >= 0.6 is 0 Å². The van der Waals surface area contributed by atoms with Crippen molar-refractivity contribution in [1.29, 1.82) is 0 Å². The molecule has 7 nitrogen and oxygen atoms in total. The van der Waals surface area contributed by atoms with Crippen LogP contribution in [0.2, 0.25) is 0 Å². The van der Waals surface area contributed by atoms with E-state index in [0.29, 0.717) is 52.6 Å². The van der Waals surface area contributed by atoms with Gasteiger partial charge in [0.25, 0.3) is 0 Å². The molecular weight excluding hydrogens is 557 g/mol. The van der Waals surface area contributed by atoms with Crippen molar-refractivity contribution in [3.8, 4) is 39.4 Å². The number of rotatable bonds is 5. The molecule has 1 aliphatic heterocycles. The van der Waals surface area contributed by atoms with E-state index in [0.717, 1.165) is 34.2 Å². The maximum atomic E-state index is 15.3. The Morgan fingerprint density at radius 2 is 1.66 bits per heavy atom. The highest BCUT2D eigenvalue weighted by molar-refractivity contribution is 5.80. The Labute approximate surface area is 257 Å². The lowest BCUT2D eigenvalue weighted by molar-refractivity contribution is -0.136. The molecule has 0 saturated carbocycles. The molecule has 8 heteroatoms. The minimum absolute atomic E-state index is 0.253. The van der Waals surface area contributed by atoms with Crippen molar-refractivity contribution in [2.75, 3.05) is 6.61 Å². The number of nitrogens with zero attached hydrogens (tertiary/aromatic N) is 3. The third-order valence-electron chi connectivity index (χ3n) is 7.44. The van der Waals surface area contributed by atoms with Crippen molar-refractivity contribution in [3.63, 3.8) is 0 Å². The molecule has 3 aromatic carbocycles. The van der Waals surface area contributed by atoms with Gasteiger partial charge in [-0.2, -0.15) is 5.10 Å². The van der Waals surface area contributed by atoms with Crippen LogP contribution in [0.4, 0.5) is 4.39 Å². The summed E-state index contributed by atoms with van der Waals surface area (Å²) in [6, 6.07) is 19.8. The molecule has 0 aliphatic carbocycles. The highest BCUT2D eigenvalue weighted by atomic mass is 19.1. The second-order valence-electron chi connectivity index (χ2n) is 12.3. The Morgan fingerprint density at radius 1 is 1.00 bits per heavy atom. The van der Waals surface area contributed by atoms with Crippen LogP contribution in [-0.2, 0) is 17.6 Å². The molecule has 0 bridgehead atoms. The van der Waals surface area contributed by atoms with Crippen molar-refractivity contribution in [3.05, 3.63) is 94.4 Å². The first-order valence-corrected chi connectivity index (χ1v) is 14.8. The maximum Gasteiger partial charge on any atom is 0.307 e. The van der Waals surface area contributed by atoms with Crippen molar-refractivity contribution >= 4 is 11.6 Å². The van der Waals surface area contributed by atoms with Crippen LogP contribution in [0.3, 0.4) is 0 Å². The summed E-state index contributed by atoms with van der Waals surface area (Å²) in [6.07, 6.45) is 1.24. The number of aliphatic carboxylic acids is 1. The molecule has 2 aromatic heterocycles. The SMILES string of the molecule is CC(C)(C)O.Cc1cccc(-c2cccc(-c3cc4nc(C)c(CC(=O)O)c(-c5cc(F)c6c(c5C)CCCO6)n4n3)c2)c1. The Balaban J connectivity index is 0.000000712. The van der Waals surface area contributed by atoms with Gasteiger partial charge in [-0.05, 0) is 83.2 Å². The van der Waals surface area contributed by atoms with Gasteiger partial charge in [-0.15, -0.1) is 0 Å². The van der Waals surface area contributed by atoms with Gasteiger partial charge in [0, 0.05) is 34.0 Å². The van der Waals surface area contributed by atoms with Crippen LogP contribution < -0.4 is 4.74 Å². The molecule has 0 amide bonds. The molecule has 0 saturated heterocycles. The van der Waals surface area contributed by atoms with E-state index >= 15 is 4.39 Å². The molecule has 228 valence electrons. The second-order valence-corrected chi connectivity index (χ2v) is 12.3. The summed E-state index contributed by atoms with van der Waals surface area (Å²) in [7, 11) is 0. The predicted molar refractivity (Wildman–Crippen MR) is 171 cm³/mol. The molecule has 1 aliphatic rings. The number of hydrogen-bond donors (Lipinski definition) is 2. The zero-order chi connectivity index (χ0) is 31.8. The van der Waals surface area contributed by atoms with E-state index in [2.05, 4.69) is 37.3 Å². The predicted octanol–water partition coefficient (Wildman–Crippen LogP) is 7.52. The molecule has 0 fully saturated rings. The second kappa shape index (κ2) is 12.2. The quantitative estimate of drug-likeness (QED) is 0.218. The number of carbonyl (C=O) groups is 1. The lowest BCUT2D eigenvalue weighted by Gasteiger charge is -2.23. The van der Waals surface area contributed by atoms with Crippen molar-refractivity contribution in [2.45, 2.75) is 66.4 Å². The van der Waals surface area contributed by atoms with Crippen LogP contribution in [0, 0.1) is 26.6 Å². The molecule has 0 atom stereocenters. The molecule has 44 heavy (non-hydrogen) atoms. The van der Waals surface area contributed by atoms with Gasteiger partial charge in [-0.3, -0.25) is 4.79 Å². The van der Waals surface area contributed by atoms with E-state index in [4.69, 9.17) is 19.9 Å². The minimum atomic E-state index is -0.988. The van der Waals surface area contributed by atoms with Crippen LogP contribution in [0.5, 0.6) is 5.75 Å². The topological polar surface area (TPSA) is 97.0 Å².